The third-order valence-corrected chi connectivity index (χ3v) is 12.3. The lowest BCUT2D eigenvalue weighted by Gasteiger charge is -2.64. The number of aliphatic hydroxyl groups excluding tert-OH is 2. The Morgan fingerprint density at radius 1 is 1.11 bits per heavy atom. The molecule has 1 aromatic rings. The van der Waals surface area contributed by atoms with E-state index in [1.807, 2.05) is 0 Å². The zero-order valence-corrected chi connectivity index (χ0v) is 24.3. The highest BCUT2D eigenvalue weighted by atomic mass is 32.2. The summed E-state index contributed by atoms with van der Waals surface area (Å²) in [5, 5.41) is 30.5. The van der Waals surface area contributed by atoms with E-state index in [4.69, 9.17) is 4.42 Å². The van der Waals surface area contributed by atoms with Crippen LogP contribution in [-0.4, -0.2) is 49.0 Å². The molecule has 0 bridgehead atoms. The van der Waals surface area contributed by atoms with Gasteiger partial charge in [-0.3, -0.25) is 4.72 Å². The average molecular weight is 536 g/mol. The molecule has 0 saturated heterocycles. The number of hydrogen-bond donors (Lipinski definition) is 3. The molecule has 0 aliphatic heterocycles. The fourth-order valence-corrected chi connectivity index (χ4v) is 10.5. The SMILES string of the molecule is C=S(C)(=O)Nc1nnc(CC[C@@H](C)[C@H]2CCC3C4C(CC[C@@]32C)[C@@]2(C)CC[C@@H](O)C[C@H]2[C@@H](CC)[C@H]4O)o1. The Morgan fingerprint density at radius 3 is 2.51 bits per heavy atom. The smallest absolute Gasteiger partial charge is 0.327 e. The Hall–Kier alpha value is -1.12. The van der Waals surface area contributed by atoms with Gasteiger partial charge in [0.15, 0.2) is 0 Å². The molecule has 12 atom stereocenters. The van der Waals surface area contributed by atoms with Crippen molar-refractivity contribution in [2.75, 3.05) is 11.0 Å². The molecule has 0 spiro atoms. The maximum atomic E-state index is 11.9. The van der Waals surface area contributed by atoms with Crippen molar-refractivity contribution in [1.82, 2.24) is 10.2 Å². The zero-order valence-electron chi connectivity index (χ0n) is 23.5. The largest absolute Gasteiger partial charge is 0.408 e. The van der Waals surface area contributed by atoms with E-state index in [0.29, 0.717) is 53.7 Å². The summed E-state index contributed by atoms with van der Waals surface area (Å²) in [6, 6.07) is 0.176. The second-order valence-electron chi connectivity index (χ2n) is 13.7. The van der Waals surface area contributed by atoms with E-state index in [1.54, 1.807) is 0 Å². The number of fused-ring (bicyclic) bond motifs is 5. The van der Waals surface area contributed by atoms with Gasteiger partial charge in [0.05, 0.1) is 12.2 Å². The summed E-state index contributed by atoms with van der Waals surface area (Å²) in [5.41, 5.74) is 0.495. The van der Waals surface area contributed by atoms with Gasteiger partial charge in [0, 0.05) is 22.4 Å². The summed E-state index contributed by atoms with van der Waals surface area (Å²) in [6.07, 6.45) is 11.5. The van der Waals surface area contributed by atoms with E-state index in [-0.39, 0.29) is 29.1 Å². The van der Waals surface area contributed by atoms with E-state index < -0.39 is 9.71 Å². The summed E-state index contributed by atoms with van der Waals surface area (Å²) in [6.45, 7) is 9.65. The predicted molar refractivity (Wildman–Crippen MR) is 148 cm³/mol. The minimum atomic E-state index is -2.44. The number of hydrogen-bond acceptors (Lipinski definition) is 6. The average Bonchev–Trinajstić information content (AvgIpc) is 3.41. The third-order valence-electron chi connectivity index (χ3n) is 11.7. The van der Waals surface area contributed by atoms with Crippen molar-refractivity contribution >= 4 is 21.6 Å². The zero-order chi connectivity index (χ0) is 26.8. The highest BCUT2D eigenvalue weighted by Crippen LogP contribution is 2.69. The second kappa shape index (κ2) is 9.81. The van der Waals surface area contributed by atoms with Gasteiger partial charge in [-0.2, -0.15) is 0 Å². The van der Waals surface area contributed by atoms with Gasteiger partial charge >= 0.3 is 6.01 Å². The number of nitrogens with one attached hydrogen (secondary N) is 1. The van der Waals surface area contributed by atoms with Crippen molar-refractivity contribution in [3.8, 4) is 0 Å². The first-order chi connectivity index (χ1) is 17.4. The van der Waals surface area contributed by atoms with Gasteiger partial charge in [0.25, 0.3) is 0 Å². The van der Waals surface area contributed by atoms with Crippen molar-refractivity contribution in [1.29, 1.82) is 0 Å². The van der Waals surface area contributed by atoms with E-state index in [9.17, 15) is 14.4 Å². The lowest BCUT2D eigenvalue weighted by atomic mass is 9.41. The highest BCUT2D eigenvalue weighted by molar-refractivity contribution is 8.00. The molecular formula is C29H49N3O4S. The van der Waals surface area contributed by atoms with Crippen molar-refractivity contribution < 1.29 is 18.8 Å². The molecule has 4 aliphatic rings. The van der Waals surface area contributed by atoms with E-state index in [0.717, 1.165) is 32.1 Å². The van der Waals surface area contributed by atoms with Crippen LogP contribution < -0.4 is 4.72 Å². The van der Waals surface area contributed by atoms with Crippen LogP contribution in [0.25, 0.3) is 0 Å². The number of aliphatic hydroxyl groups is 2. The molecule has 8 heteroatoms. The second-order valence-corrected chi connectivity index (χ2v) is 16.0. The molecule has 4 fully saturated rings. The van der Waals surface area contributed by atoms with Gasteiger partial charge in [-0.25, -0.2) is 4.21 Å². The lowest BCUT2D eigenvalue weighted by molar-refractivity contribution is -0.203. The van der Waals surface area contributed by atoms with Gasteiger partial charge in [-0.1, -0.05) is 39.2 Å². The monoisotopic (exact) mass is 535 g/mol. The van der Waals surface area contributed by atoms with E-state index in [1.165, 1.54) is 31.9 Å². The number of nitrogens with zero attached hydrogens (tertiary/aromatic N) is 2. The molecule has 1 aromatic heterocycles. The molecule has 5 rings (SSSR count). The van der Waals surface area contributed by atoms with Crippen molar-refractivity contribution in [3.05, 3.63) is 5.89 Å². The lowest BCUT2D eigenvalue weighted by Crippen LogP contribution is -2.62. The van der Waals surface area contributed by atoms with Crippen LogP contribution in [0.2, 0.25) is 0 Å². The van der Waals surface area contributed by atoms with Gasteiger partial charge in [0.1, 0.15) is 0 Å². The first-order valence-corrected chi connectivity index (χ1v) is 16.8. The van der Waals surface area contributed by atoms with Crippen molar-refractivity contribution in [2.24, 2.45) is 52.3 Å². The first-order valence-electron chi connectivity index (χ1n) is 14.7. The minimum Gasteiger partial charge on any atom is -0.408 e. The summed E-state index contributed by atoms with van der Waals surface area (Å²) in [5.74, 6) is 7.57. The van der Waals surface area contributed by atoms with E-state index >= 15 is 0 Å². The molecule has 0 aromatic carbocycles. The molecule has 37 heavy (non-hydrogen) atoms. The van der Waals surface area contributed by atoms with Gasteiger partial charge < -0.3 is 14.6 Å². The van der Waals surface area contributed by atoms with Crippen molar-refractivity contribution in [2.45, 2.75) is 104 Å². The molecule has 4 saturated carbocycles. The van der Waals surface area contributed by atoms with Crippen LogP contribution in [0.15, 0.2) is 4.42 Å². The van der Waals surface area contributed by atoms with Gasteiger partial charge in [-0.05, 0) is 109 Å². The van der Waals surface area contributed by atoms with Crippen LogP contribution in [0, 0.1) is 52.3 Å². The third kappa shape index (κ3) is 4.77. The topological polar surface area (TPSA) is 108 Å². The highest BCUT2D eigenvalue weighted by Gasteiger charge is 2.64. The van der Waals surface area contributed by atoms with Crippen LogP contribution in [0.3, 0.4) is 0 Å². The summed E-state index contributed by atoms with van der Waals surface area (Å²) in [4.78, 5) is 0. The number of aryl methyl sites for hydroxylation is 1. The summed E-state index contributed by atoms with van der Waals surface area (Å²) >= 11 is 0. The Kier molecular flexibility index (Phi) is 7.28. The fourth-order valence-electron chi connectivity index (χ4n) is 10.1. The van der Waals surface area contributed by atoms with Crippen LogP contribution >= 0.6 is 0 Å². The molecule has 0 amide bonds. The maximum Gasteiger partial charge on any atom is 0.327 e. The molecule has 3 N–H and O–H groups in total. The predicted octanol–water partition coefficient (Wildman–Crippen LogP) is 4.94. The standard InChI is InChI=1S/C29H49N3O4S/c1-7-19-23-16-18(33)12-14-29(23,4)22-13-15-28(3)20(9-10-21(28)25(22)26(19)34)17(2)8-11-24-30-31-27(36-24)32-37(5,6)35/h17-23,25-26,33-34H,5,7-16H2,1-4,6H3,(H,31,32,35)/t17-,18-,19-,20-,21?,22?,23+,25?,26-,28-,29-,37?/m1/s1. The Bertz CT molecular complexity index is 1070. The molecule has 4 unspecified atom stereocenters. The quantitative estimate of drug-likeness (QED) is 0.427. The number of rotatable bonds is 7. The molecule has 210 valence electrons. The summed E-state index contributed by atoms with van der Waals surface area (Å²) in [7, 11) is -2.44. The van der Waals surface area contributed by atoms with Crippen LogP contribution in [0.4, 0.5) is 6.01 Å². The van der Waals surface area contributed by atoms with Crippen molar-refractivity contribution in [3.63, 3.8) is 0 Å². The Balaban J connectivity index is 1.30. The molecule has 0 radical (unpaired) electrons. The Labute approximate surface area is 223 Å². The van der Waals surface area contributed by atoms with Crippen LogP contribution in [0.5, 0.6) is 0 Å². The van der Waals surface area contributed by atoms with Crippen LogP contribution in [0.1, 0.15) is 91.4 Å². The summed E-state index contributed by atoms with van der Waals surface area (Å²) < 4.78 is 20.2. The molecule has 1 heterocycles. The fraction of sp³-hybridized carbons (Fsp3) is 0.897. The van der Waals surface area contributed by atoms with Gasteiger partial charge in [-0.15, -0.1) is 5.10 Å². The van der Waals surface area contributed by atoms with Gasteiger partial charge in [0.2, 0.25) is 5.89 Å². The molecule has 4 aliphatic carbocycles. The van der Waals surface area contributed by atoms with E-state index in [2.05, 4.69) is 48.5 Å². The molecular weight excluding hydrogens is 486 g/mol. The Morgan fingerprint density at radius 2 is 1.81 bits per heavy atom. The minimum absolute atomic E-state index is 0.176. The first kappa shape index (κ1) is 27.4. The number of aromatic nitrogens is 2. The maximum absolute atomic E-state index is 11.9. The van der Waals surface area contributed by atoms with Crippen LogP contribution in [-0.2, 0) is 16.1 Å². The number of anilines is 1. The normalized spacial score (nSPS) is 45.8. The molecule has 7 nitrogen and oxygen atoms in total.